The van der Waals surface area contributed by atoms with Crippen LogP contribution in [0.3, 0.4) is 0 Å². The molecule has 0 radical (unpaired) electrons. The highest BCUT2D eigenvalue weighted by atomic mass is 16.2. The minimum atomic E-state index is 0.252. The van der Waals surface area contributed by atoms with Crippen molar-refractivity contribution in [2.24, 2.45) is 5.92 Å². The average Bonchev–Trinajstić information content (AvgIpc) is 2.78. The Kier molecular flexibility index (Phi) is 6.51. The maximum Gasteiger partial charge on any atom is 0.222 e. The standard InChI is InChI=1S/C26H32N2O2/c1-20-7-9-22(10-8-20)11-13-25(29)27-17-16-24-23(19-27)12-14-26(30)28(24)18-15-21-5-3-2-4-6-21/h2-10,23-24H,11-19H2,1H3/t23-,24+/m0/s1. The van der Waals surface area contributed by atoms with Gasteiger partial charge in [0.25, 0.3) is 0 Å². The normalized spacial score (nSPS) is 21.4. The van der Waals surface area contributed by atoms with Crippen LogP contribution < -0.4 is 0 Å². The summed E-state index contributed by atoms with van der Waals surface area (Å²) in [6.45, 7) is 4.43. The highest BCUT2D eigenvalue weighted by Gasteiger charge is 2.39. The Morgan fingerprint density at radius 3 is 2.47 bits per heavy atom. The van der Waals surface area contributed by atoms with Gasteiger partial charge in [0.2, 0.25) is 11.8 Å². The van der Waals surface area contributed by atoms with Crippen LogP contribution in [-0.4, -0.2) is 47.3 Å². The fourth-order valence-corrected chi connectivity index (χ4v) is 4.93. The third-order valence-electron chi connectivity index (χ3n) is 6.73. The van der Waals surface area contributed by atoms with Crippen LogP contribution in [0, 0.1) is 12.8 Å². The third kappa shape index (κ3) is 4.92. The lowest BCUT2D eigenvalue weighted by atomic mass is 9.83. The number of hydrogen-bond acceptors (Lipinski definition) is 2. The van der Waals surface area contributed by atoms with E-state index in [4.69, 9.17) is 0 Å². The Morgan fingerprint density at radius 2 is 1.70 bits per heavy atom. The van der Waals surface area contributed by atoms with E-state index in [9.17, 15) is 9.59 Å². The van der Waals surface area contributed by atoms with Gasteiger partial charge in [-0.05, 0) is 49.7 Å². The number of amides is 2. The van der Waals surface area contributed by atoms with Crippen LogP contribution in [0.25, 0.3) is 0 Å². The molecule has 0 unspecified atom stereocenters. The molecule has 2 saturated heterocycles. The first kappa shape index (κ1) is 20.6. The van der Waals surface area contributed by atoms with E-state index in [1.807, 2.05) is 11.0 Å². The number of rotatable bonds is 6. The lowest BCUT2D eigenvalue weighted by Gasteiger charge is -2.47. The molecule has 2 fully saturated rings. The number of fused-ring (bicyclic) bond motifs is 1. The van der Waals surface area contributed by atoms with Crippen molar-refractivity contribution in [3.05, 3.63) is 71.3 Å². The number of hydrogen-bond donors (Lipinski definition) is 0. The Morgan fingerprint density at radius 1 is 0.967 bits per heavy atom. The summed E-state index contributed by atoms with van der Waals surface area (Å²) in [5, 5.41) is 0. The largest absolute Gasteiger partial charge is 0.342 e. The fraction of sp³-hybridized carbons (Fsp3) is 0.462. The number of likely N-dealkylation sites (tertiary alicyclic amines) is 2. The summed E-state index contributed by atoms with van der Waals surface area (Å²) in [4.78, 5) is 29.6. The van der Waals surface area contributed by atoms with Crippen molar-refractivity contribution >= 4 is 11.8 Å². The predicted octanol–water partition coefficient (Wildman–Crippen LogP) is 4.01. The Balaban J connectivity index is 1.31. The van der Waals surface area contributed by atoms with Crippen LogP contribution in [0.2, 0.25) is 0 Å². The Hall–Kier alpha value is -2.62. The highest BCUT2D eigenvalue weighted by molar-refractivity contribution is 5.78. The first-order valence-corrected chi connectivity index (χ1v) is 11.3. The lowest BCUT2D eigenvalue weighted by molar-refractivity contribution is -0.144. The van der Waals surface area contributed by atoms with E-state index in [-0.39, 0.29) is 17.9 Å². The molecule has 0 aliphatic carbocycles. The van der Waals surface area contributed by atoms with E-state index in [0.29, 0.717) is 18.8 Å². The number of piperidine rings is 2. The van der Waals surface area contributed by atoms with Gasteiger partial charge in [-0.1, -0.05) is 60.2 Å². The van der Waals surface area contributed by atoms with E-state index in [2.05, 4.69) is 60.4 Å². The summed E-state index contributed by atoms with van der Waals surface area (Å²) >= 11 is 0. The second-order valence-electron chi connectivity index (χ2n) is 8.80. The van der Waals surface area contributed by atoms with Crippen molar-refractivity contribution in [2.45, 2.75) is 51.5 Å². The molecule has 2 aliphatic heterocycles. The smallest absolute Gasteiger partial charge is 0.222 e. The first-order chi connectivity index (χ1) is 14.6. The molecule has 2 aliphatic rings. The van der Waals surface area contributed by atoms with Gasteiger partial charge < -0.3 is 9.80 Å². The van der Waals surface area contributed by atoms with Crippen LogP contribution >= 0.6 is 0 Å². The molecular formula is C26H32N2O2. The Labute approximate surface area is 179 Å². The molecule has 2 heterocycles. The second kappa shape index (κ2) is 9.46. The number of benzene rings is 2. The van der Waals surface area contributed by atoms with Crippen LogP contribution in [-0.2, 0) is 22.4 Å². The van der Waals surface area contributed by atoms with E-state index in [1.165, 1.54) is 16.7 Å². The van der Waals surface area contributed by atoms with Crippen molar-refractivity contribution in [1.82, 2.24) is 9.80 Å². The molecule has 158 valence electrons. The molecule has 4 heteroatoms. The quantitative estimate of drug-likeness (QED) is 0.730. The molecule has 2 amide bonds. The third-order valence-corrected chi connectivity index (χ3v) is 6.73. The van der Waals surface area contributed by atoms with Gasteiger partial charge in [0.05, 0.1) is 0 Å². The number of nitrogens with zero attached hydrogens (tertiary/aromatic N) is 2. The molecule has 4 nitrogen and oxygen atoms in total. The average molecular weight is 405 g/mol. The van der Waals surface area contributed by atoms with E-state index < -0.39 is 0 Å². The summed E-state index contributed by atoms with van der Waals surface area (Å²) < 4.78 is 0. The van der Waals surface area contributed by atoms with Crippen molar-refractivity contribution in [1.29, 1.82) is 0 Å². The highest BCUT2D eigenvalue weighted by Crippen LogP contribution is 2.31. The fourth-order valence-electron chi connectivity index (χ4n) is 4.93. The van der Waals surface area contributed by atoms with E-state index in [1.54, 1.807) is 0 Å². The molecule has 0 bridgehead atoms. The first-order valence-electron chi connectivity index (χ1n) is 11.3. The summed E-state index contributed by atoms with van der Waals surface area (Å²) in [5.41, 5.74) is 3.74. The Bertz CT molecular complexity index is 862. The number of carbonyl (C=O) groups is 2. The van der Waals surface area contributed by atoms with Crippen LogP contribution in [0.15, 0.2) is 54.6 Å². The second-order valence-corrected chi connectivity index (χ2v) is 8.80. The molecule has 30 heavy (non-hydrogen) atoms. The van der Waals surface area contributed by atoms with Crippen LogP contribution in [0.1, 0.15) is 42.4 Å². The molecule has 0 saturated carbocycles. The summed E-state index contributed by atoms with van der Waals surface area (Å²) in [6, 6.07) is 19.1. The van der Waals surface area contributed by atoms with Crippen molar-refractivity contribution in [3.8, 4) is 0 Å². The molecular weight excluding hydrogens is 372 g/mol. The number of carbonyl (C=O) groups excluding carboxylic acids is 2. The molecule has 0 aromatic heterocycles. The predicted molar refractivity (Wildman–Crippen MR) is 119 cm³/mol. The molecule has 0 N–H and O–H groups in total. The molecule has 2 atom stereocenters. The van der Waals surface area contributed by atoms with Gasteiger partial charge in [0.15, 0.2) is 0 Å². The zero-order valence-corrected chi connectivity index (χ0v) is 17.9. The van der Waals surface area contributed by atoms with Crippen molar-refractivity contribution in [2.75, 3.05) is 19.6 Å². The van der Waals surface area contributed by atoms with Crippen LogP contribution in [0.4, 0.5) is 0 Å². The maximum atomic E-state index is 12.8. The minimum Gasteiger partial charge on any atom is -0.342 e. The molecule has 2 aromatic rings. The summed E-state index contributed by atoms with van der Waals surface area (Å²) in [5.74, 6) is 0.948. The summed E-state index contributed by atoms with van der Waals surface area (Å²) in [6.07, 6.45) is 4.69. The zero-order chi connectivity index (χ0) is 20.9. The van der Waals surface area contributed by atoms with Gasteiger partial charge in [0, 0.05) is 38.5 Å². The van der Waals surface area contributed by atoms with Gasteiger partial charge in [-0.15, -0.1) is 0 Å². The number of aryl methyl sites for hydroxylation is 2. The molecule has 0 spiro atoms. The van der Waals surface area contributed by atoms with Crippen LogP contribution in [0.5, 0.6) is 0 Å². The molecule has 2 aromatic carbocycles. The van der Waals surface area contributed by atoms with Gasteiger partial charge >= 0.3 is 0 Å². The van der Waals surface area contributed by atoms with Gasteiger partial charge in [0.1, 0.15) is 0 Å². The van der Waals surface area contributed by atoms with Crippen molar-refractivity contribution in [3.63, 3.8) is 0 Å². The molecule has 4 rings (SSSR count). The zero-order valence-electron chi connectivity index (χ0n) is 17.9. The minimum absolute atomic E-state index is 0.252. The SMILES string of the molecule is Cc1ccc(CCC(=O)N2CC[C@@H]3[C@@H](CCC(=O)N3CCc3ccccc3)C2)cc1. The topological polar surface area (TPSA) is 40.6 Å². The lowest BCUT2D eigenvalue weighted by Crippen LogP contribution is -2.57. The monoisotopic (exact) mass is 404 g/mol. The van der Waals surface area contributed by atoms with E-state index in [0.717, 1.165) is 45.3 Å². The van der Waals surface area contributed by atoms with E-state index >= 15 is 0 Å². The van der Waals surface area contributed by atoms with Gasteiger partial charge in [-0.25, -0.2) is 0 Å². The maximum absolute atomic E-state index is 12.8. The summed E-state index contributed by atoms with van der Waals surface area (Å²) in [7, 11) is 0. The van der Waals surface area contributed by atoms with Gasteiger partial charge in [-0.2, -0.15) is 0 Å². The van der Waals surface area contributed by atoms with Gasteiger partial charge in [-0.3, -0.25) is 9.59 Å². The van der Waals surface area contributed by atoms with Crippen molar-refractivity contribution < 1.29 is 9.59 Å².